The average molecular weight is 364 g/mol. The summed E-state index contributed by atoms with van der Waals surface area (Å²) in [5.74, 6) is 1.74. The minimum atomic E-state index is 0.156. The molecular formula is C24H45NO. The molecule has 1 aliphatic heterocycles. The third-order valence-electron chi connectivity index (χ3n) is 6.05. The van der Waals surface area contributed by atoms with Gasteiger partial charge in [0, 0.05) is 11.6 Å². The zero-order valence-corrected chi connectivity index (χ0v) is 18.0. The SMILES string of the molecule is C=C1NC=C(C(C)(CC)CCCCCCCCCCCCCCCC)O1. The molecule has 1 unspecified atom stereocenters. The smallest absolute Gasteiger partial charge is 0.189 e. The van der Waals surface area contributed by atoms with Gasteiger partial charge in [-0.2, -0.15) is 0 Å². The molecule has 0 aromatic carbocycles. The molecule has 2 heteroatoms. The van der Waals surface area contributed by atoms with E-state index in [1.807, 2.05) is 6.20 Å². The Balaban J connectivity index is 1.92. The van der Waals surface area contributed by atoms with Crippen molar-refractivity contribution in [2.45, 2.75) is 124 Å². The molecule has 1 rings (SSSR count). The third-order valence-corrected chi connectivity index (χ3v) is 6.05. The Bertz CT molecular complexity index is 401. The summed E-state index contributed by atoms with van der Waals surface area (Å²) in [6.45, 7) is 10.7. The van der Waals surface area contributed by atoms with Crippen LogP contribution in [0, 0.1) is 5.41 Å². The van der Waals surface area contributed by atoms with E-state index in [4.69, 9.17) is 4.74 Å². The molecule has 1 aliphatic rings. The van der Waals surface area contributed by atoms with Gasteiger partial charge in [-0.3, -0.25) is 0 Å². The fourth-order valence-electron chi connectivity index (χ4n) is 3.82. The predicted molar refractivity (Wildman–Crippen MR) is 115 cm³/mol. The summed E-state index contributed by atoms with van der Waals surface area (Å²) in [5.41, 5.74) is 0.156. The highest BCUT2D eigenvalue weighted by Crippen LogP contribution is 2.39. The molecule has 26 heavy (non-hydrogen) atoms. The van der Waals surface area contributed by atoms with Crippen molar-refractivity contribution < 1.29 is 4.74 Å². The van der Waals surface area contributed by atoms with E-state index in [0.29, 0.717) is 5.88 Å². The summed E-state index contributed by atoms with van der Waals surface area (Å²) in [4.78, 5) is 0. The summed E-state index contributed by atoms with van der Waals surface area (Å²) < 4.78 is 5.74. The second kappa shape index (κ2) is 14.2. The van der Waals surface area contributed by atoms with Crippen molar-refractivity contribution in [2.75, 3.05) is 0 Å². The minimum absolute atomic E-state index is 0.156. The highest BCUT2D eigenvalue weighted by Gasteiger charge is 2.31. The maximum Gasteiger partial charge on any atom is 0.189 e. The molecule has 0 aliphatic carbocycles. The van der Waals surface area contributed by atoms with Crippen LogP contribution in [0.1, 0.15) is 124 Å². The van der Waals surface area contributed by atoms with Crippen LogP contribution >= 0.6 is 0 Å². The molecule has 0 saturated carbocycles. The number of hydrogen-bond acceptors (Lipinski definition) is 2. The topological polar surface area (TPSA) is 21.3 Å². The van der Waals surface area contributed by atoms with Crippen LogP contribution in [0.5, 0.6) is 0 Å². The van der Waals surface area contributed by atoms with Crippen molar-refractivity contribution in [1.82, 2.24) is 5.32 Å². The lowest BCUT2D eigenvalue weighted by Gasteiger charge is -2.28. The lowest BCUT2D eigenvalue weighted by molar-refractivity contribution is 0.184. The van der Waals surface area contributed by atoms with Gasteiger partial charge in [0.1, 0.15) is 5.76 Å². The minimum Gasteiger partial charge on any atom is -0.444 e. The van der Waals surface area contributed by atoms with Gasteiger partial charge in [0.05, 0.1) is 0 Å². The Hall–Kier alpha value is -0.920. The van der Waals surface area contributed by atoms with E-state index in [0.717, 1.165) is 12.2 Å². The van der Waals surface area contributed by atoms with Gasteiger partial charge >= 0.3 is 0 Å². The molecule has 0 fully saturated rings. The second-order valence-corrected chi connectivity index (χ2v) is 8.44. The van der Waals surface area contributed by atoms with Crippen LogP contribution in [0.15, 0.2) is 24.4 Å². The summed E-state index contributed by atoms with van der Waals surface area (Å²) >= 11 is 0. The zero-order chi connectivity index (χ0) is 19.1. The molecule has 0 spiro atoms. The van der Waals surface area contributed by atoms with Crippen molar-refractivity contribution in [3.8, 4) is 0 Å². The van der Waals surface area contributed by atoms with E-state index in [1.54, 1.807) is 0 Å². The number of nitrogens with one attached hydrogen (secondary N) is 1. The number of hydrogen-bond donors (Lipinski definition) is 1. The van der Waals surface area contributed by atoms with Gasteiger partial charge in [0.25, 0.3) is 0 Å². The van der Waals surface area contributed by atoms with E-state index < -0.39 is 0 Å². The fraction of sp³-hybridized carbons (Fsp3) is 0.833. The van der Waals surface area contributed by atoms with Crippen molar-refractivity contribution in [2.24, 2.45) is 5.41 Å². The van der Waals surface area contributed by atoms with E-state index >= 15 is 0 Å². The standard InChI is InChI=1S/C24H45NO/c1-5-7-8-9-10-11-12-13-14-15-16-17-18-19-20-24(4,6-2)23-21-25-22(3)26-23/h21,25H,3,5-20H2,1-2,4H3. The Kier molecular flexibility index (Phi) is 12.6. The van der Waals surface area contributed by atoms with E-state index in [9.17, 15) is 0 Å². The first-order valence-electron chi connectivity index (χ1n) is 11.5. The molecule has 0 radical (unpaired) electrons. The van der Waals surface area contributed by atoms with Crippen molar-refractivity contribution in [3.05, 3.63) is 24.4 Å². The quantitative estimate of drug-likeness (QED) is 0.263. The molecule has 0 amide bonds. The van der Waals surface area contributed by atoms with Crippen LogP contribution in [0.3, 0.4) is 0 Å². The molecule has 1 heterocycles. The van der Waals surface area contributed by atoms with Crippen molar-refractivity contribution in [1.29, 1.82) is 0 Å². The van der Waals surface area contributed by atoms with Gasteiger partial charge in [0.15, 0.2) is 5.88 Å². The summed E-state index contributed by atoms with van der Waals surface area (Å²) in [7, 11) is 0. The Morgan fingerprint density at radius 1 is 0.808 bits per heavy atom. The predicted octanol–water partition coefficient (Wildman–Crippen LogP) is 8.21. The normalized spacial score (nSPS) is 16.1. The molecule has 0 aromatic heterocycles. The Morgan fingerprint density at radius 2 is 1.27 bits per heavy atom. The van der Waals surface area contributed by atoms with Crippen LogP contribution < -0.4 is 5.32 Å². The summed E-state index contributed by atoms with van der Waals surface area (Å²) in [6, 6.07) is 0. The van der Waals surface area contributed by atoms with Gasteiger partial charge in [0.2, 0.25) is 0 Å². The van der Waals surface area contributed by atoms with Crippen LogP contribution in [0.25, 0.3) is 0 Å². The maximum absolute atomic E-state index is 5.74. The first-order valence-corrected chi connectivity index (χ1v) is 11.5. The highest BCUT2D eigenvalue weighted by molar-refractivity contribution is 5.15. The lowest BCUT2D eigenvalue weighted by Crippen LogP contribution is -2.18. The highest BCUT2D eigenvalue weighted by atomic mass is 16.5. The van der Waals surface area contributed by atoms with E-state index in [2.05, 4.69) is 32.7 Å². The monoisotopic (exact) mass is 363 g/mol. The first-order chi connectivity index (χ1) is 12.6. The van der Waals surface area contributed by atoms with Gasteiger partial charge in [-0.05, 0) is 19.4 Å². The molecule has 0 saturated heterocycles. The van der Waals surface area contributed by atoms with Gasteiger partial charge in [-0.1, -0.05) is 111 Å². The van der Waals surface area contributed by atoms with Crippen LogP contribution in [0.4, 0.5) is 0 Å². The zero-order valence-electron chi connectivity index (χ0n) is 18.0. The van der Waals surface area contributed by atoms with Gasteiger partial charge in [-0.25, -0.2) is 0 Å². The molecule has 0 aromatic rings. The molecule has 152 valence electrons. The molecule has 0 bridgehead atoms. The number of ether oxygens (including phenoxy) is 1. The summed E-state index contributed by atoms with van der Waals surface area (Å²) in [6.07, 6.45) is 24.2. The first kappa shape index (κ1) is 23.1. The molecule has 1 atom stereocenters. The van der Waals surface area contributed by atoms with Crippen molar-refractivity contribution in [3.63, 3.8) is 0 Å². The largest absolute Gasteiger partial charge is 0.444 e. The average Bonchev–Trinajstić information content (AvgIpc) is 3.09. The Morgan fingerprint density at radius 3 is 1.65 bits per heavy atom. The van der Waals surface area contributed by atoms with E-state index in [1.165, 1.54) is 96.3 Å². The summed E-state index contributed by atoms with van der Waals surface area (Å²) in [5, 5.41) is 3.08. The van der Waals surface area contributed by atoms with Crippen LogP contribution in [-0.2, 0) is 4.74 Å². The fourth-order valence-corrected chi connectivity index (χ4v) is 3.82. The van der Waals surface area contributed by atoms with Crippen molar-refractivity contribution >= 4 is 0 Å². The van der Waals surface area contributed by atoms with Crippen LogP contribution in [-0.4, -0.2) is 0 Å². The molecule has 1 N–H and O–H groups in total. The van der Waals surface area contributed by atoms with Crippen LogP contribution in [0.2, 0.25) is 0 Å². The van der Waals surface area contributed by atoms with Gasteiger partial charge < -0.3 is 10.1 Å². The number of allylic oxidation sites excluding steroid dienone is 1. The van der Waals surface area contributed by atoms with Gasteiger partial charge in [-0.15, -0.1) is 0 Å². The second-order valence-electron chi connectivity index (χ2n) is 8.44. The lowest BCUT2D eigenvalue weighted by atomic mass is 9.80. The third kappa shape index (κ3) is 9.69. The number of unbranched alkanes of at least 4 members (excludes halogenated alkanes) is 13. The molecule has 2 nitrogen and oxygen atoms in total. The molecular weight excluding hydrogens is 318 g/mol. The Labute approximate surface area is 163 Å². The number of rotatable bonds is 17. The van der Waals surface area contributed by atoms with E-state index in [-0.39, 0.29) is 5.41 Å². The maximum atomic E-state index is 5.74.